The highest BCUT2D eigenvalue weighted by Crippen LogP contribution is 2.44. The summed E-state index contributed by atoms with van der Waals surface area (Å²) < 4.78 is 7.88. The number of hydrogen-bond acceptors (Lipinski definition) is 4. The molecule has 0 spiro atoms. The van der Waals surface area contributed by atoms with Crippen LogP contribution in [0.2, 0.25) is 0 Å². The summed E-state index contributed by atoms with van der Waals surface area (Å²) in [5.74, 6) is 0. The second-order valence-electron chi connectivity index (χ2n) is 10.1. The van der Waals surface area contributed by atoms with Crippen LogP contribution in [0.4, 0.5) is 11.4 Å². The number of hydrogen-bond donors (Lipinski definition) is 1. The minimum Gasteiger partial charge on any atom is -0.378 e. The van der Waals surface area contributed by atoms with E-state index < -0.39 is 0 Å². The van der Waals surface area contributed by atoms with Gasteiger partial charge in [-0.25, -0.2) is 0 Å². The molecule has 0 saturated carbocycles. The van der Waals surface area contributed by atoms with Crippen molar-refractivity contribution < 1.29 is 4.74 Å². The summed E-state index contributed by atoms with van der Waals surface area (Å²) in [7, 11) is 0. The summed E-state index contributed by atoms with van der Waals surface area (Å²) in [6.07, 6.45) is 1.85. The van der Waals surface area contributed by atoms with Gasteiger partial charge in [-0.15, -0.1) is 0 Å². The van der Waals surface area contributed by atoms with Gasteiger partial charge in [0.1, 0.15) is 0 Å². The Bertz CT molecular complexity index is 1440. The van der Waals surface area contributed by atoms with Gasteiger partial charge in [-0.1, -0.05) is 18.2 Å². The third-order valence-electron chi connectivity index (χ3n) is 7.65. The Labute approximate surface area is 229 Å². The Morgan fingerprint density at radius 1 is 0.868 bits per heavy atom. The second-order valence-corrected chi connectivity index (χ2v) is 10.5. The zero-order valence-electron chi connectivity index (χ0n) is 22.1. The molecule has 1 N–H and O–H groups in total. The second kappa shape index (κ2) is 10.2. The van der Waals surface area contributed by atoms with Crippen molar-refractivity contribution in [2.45, 2.75) is 32.9 Å². The van der Waals surface area contributed by atoms with Gasteiger partial charge in [-0.3, -0.25) is 4.98 Å². The first-order valence-electron chi connectivity index (χ1n) is 13.2. The molecule has 2 aliphatic heterocycles. The third kappa shape index (κ3) is 4.46. The predicted molar refractivity (Wildman–Crippen MR) is 157 cm³/mol. The Hall–Kier alpha value is -3.68. The third-order valence-corrected chi connectivity index (χ3v) is 7.97. The zero-order valence-corrected chi connectivity index (χ0v) is 22.9. The van der Waals surface area contributed by atoms with Gasteiger partial charge in [0.05, 0.1) is 31.0 Å². The van der Waals surface area contributed by atoms with Gasteiger partial charge in [-0.2, -0.15) is 0 Å². The number of benzene rings is 2. The van der Waals surface area contributed by atoms with E-state index in [1.165, 1.54) is 33.9 Å². The van der Waals surface area contributed by atoms with E-state index in [-0.39, 0.29) is 12.1 Å². The van der Waals surface area contributed by atoms with Crippen LogP contribution < -0.4 is 15.1 Å². The van der Waals surface area contributed by atoms with Crippen molar-refractivity contribution in [1.82, 2.24) is 14.9 Å². The average Bonchev–Trinajstić information content (AvgIpc) is 3.44. The monoisotopic (exact) mass is 523 g/mol. The van der Waals surface area contributed by atoms with Gasteiger partial charge in [0.2, 0.25) is 0 Å². The maximum absolute atomic E-state index is 5.98. The predicted octanol–water partition coefficient (Wildman–Crippen LogP) is 5.81. The van der Waals surface area contributed by atoms with Crippen LogP contribution in [-0.4, -0.2) is 41.0 Å². The molecule has 194 valence electrons. The molecular formula is C31H33N5OS. The van der Waals surface area contributed by atoms with E-state index >= 15 is 0 Å². The molecule has 2 saturated heterocycles. The number of nitrogens with zero attached hydrogens (tertiary/aromatic N) is 4. The molecule has 0 radical (unpaired) electrons. The molecule has 2 aromatic heterocycles. The van der Waals surface area contributed by atoms with Crippen molar-refractivity contribution in [3.8, 4) is 5.69 Å². The standard InChI is InChI=1S/C31H33N5OS/c1-21-7-6-8-26(19-21)35-22(2)20-27(23(35)3)30-29(28-9-4-5-14-32-28)33-31(38)36(30)25-12-10-24(11-13-25)34-15-17-37-18-16-34/h4-14,19-20,29-30H,15-18H2,1-3H3,(H,33,38)/t29-,30-/m1/s1. The number of ether oxygens (including phenoxy) is 1. The fraction of sp³-hybridized carbons (Fsp3) is 0.290. The summed E-state index contributed by atoms with van der Waals surface area (Å²) in [6.45, 7) is 9.89. The minimum absolute atomic E-state index is 0.0450. The molecule has 38 heavy (non-hydrogen) atoms. The zero-order chi connectivity index (χ0) is 26.2. The lowest BCUT2D eigenvalue weighted by molar-refractivity contribution is 0.122. The fourth-order valence-corrected chi connectivity index (χ4v) is 6.19. The lowest BCUT2D eigenvalue weighted by Crippen LogP contribution is -2.36. The number of morpholine rings is 1. The number of thiocarbonyl (C=S) groups is 1. The quantitative estimate of drug-likeness (QED) is 0.333. The minimum atomic E-state index is -0.0749. The molecule has 2 aromatic carbocycles. The van der Waals surface area contributed by atoms with Crippen molar-refractivity contribution in [2.24, 2.45) is 0 Å². The number of pyridine rings is 1. The summed E-state index contributed by atoms with van der Waals surface area (Å²) >= 11 is 5.98. The molecule has 2 atom stereocenters. The Balaban J connectivity index is 1.43. The maximum Gasteiger partial charge on any atom is 0.174 e. The van der Waals surface area contributed by atoms with E-state index in [4.69, 9.17) is 21.9 Å². The van der Waals surface area contributed by atoms with Crippen LogP contribution in [0, 0.1) is 20.8 Å². The van der Waals surface area contributed by atoms with Crippen LogP contribution in [0.3, 0.4) is 0 Å². The van der Waals surface area contributed by atoms with E-state index in [1.54, 1.807) is 0 Å². The highest BCUT2D eigenvalue weighted by Gasteiger charge is 2.42. The average molecular weight is 524 g/mol. The molecule has 2 aliphatic rings. The SMILES string of the molecule is Cc1cccc(-n2c(C)cc([C@@H]3[C@@H](c4ccccn4)NC(=S)N3c3ccc(N4CCOCC4)cc3)c2C)c1. The summed E-state index contributed by atoms with van der Waals surface area (Å²) in [5.41, 5.74) is 9.33. The molecular weight excluding hydrogens is 490 g/mol. The van der Waals surface area contributed by atoms with Crippen LogP contribution in [0.1, 0.15) is 40.3 Å². The molecule has 6 rings (SSSR count). The van der Waals surface area contributed by atoms with Crippen LogP contribution in [0.15, 0.2) is 79.0 Å². The van der Waals surface area contributed by atoms with Gasteiger partial charge in [-0.05, 0) is 98.7 Å². The number of rotatable bonds is 5. The molecule has 0 bridgehead atoms. The number of nitrogens with one attached hydrogen (secondary N) is 1. The summed E-state index contributed by atoms with van der Waals surface area (Å²) in [6, 6.07) is 25.7. The first-order valence-corrected chi connectivity index (χ1v) is 13.6. The summed E-state index contributed by atoms with van der Waals surface area (Å²) in [5, 5.41) is 4.32. The van der Waals surface area contributed by atoms with Crippen molar-refractivity contribution in [2.75, 3.05) is 36.1 Å². The smallest absolute Gasteiger partial charge is 0.174 e. The maximum atomic E-state index is 5.98. The van der Waals surface area contributed by atoms with Crippen LogP contribution in [0.5, 0.6) is 0 Å². The fourth-order valence-electron chi connectivity index (χ4n) is 5.85. The highest BCUT2D eigenvalue weighted by atomic mass is 32.1. The number of anilines is 2. The van der Waals surface area contributed by atoms with Crippen LogP contribution >= 0.6 is 12.2 Å². The number of aromatic nitrogens is 2. The lowest BCUT2D eigenvalue weighted by atomic mass is 9.96. The van der Waals surface area contributed by atoms with E-state index in [0.717, 1.165) is 37.7 Å². The van der Waals surface area contributed by atoms with Gasteiger partial charge < -0.3 is 24.4 Å². The van der Waals surface area contributed by atoms with Crippen molar-refractivity contribution in [3.63, 3.8) is 0 Å². The Morgan fingerprint density at radius 3 is 2.34 bits per heavy atom. The molecule has 4 aromatic rings. The molecule has 0 aliphatic carbocycles. The molecule has 4 heterocycles. The molecule has 6 nitrogen and oxygen atoms in total. The number of aryl methyl sites for hydroxylation is 2. The van der Waals surface area contributed by atoms with E-state index in [0.29, 0.717) is 5.11 Å². The highest BCUT2D eigenvalue weighted by molar-refractivity contribution is 7.80. The van der Waals surface area contributed by atoms with Crippen molar-refractivity contribution in [3.05, 3.63) is 107 Å². The van der Waals surface area contributed by atoms with E-state index in [2.05, 4.69) is 101 Å². The van der Waals surface area contributed by atoms with Gasteiger partial charge >= 0.3 is 0 Å². The molecule has 0 amide bonds. The molecule has 0 unspecified atom stereocenters. The molecule has 7 heteroatoms. The van der Waals surface area contributed by atoms with Crippen molar-refractivity contribution in [1.29, 1.82) is 0 Å². The lowest BCUT2D eigenvalue weighted by Gasteiger charge is -2.31. The summed E-state index contributed by atoms with van der Waals surface area (Å²) in [4.78, 5) is 9.37. The van der Waals surface area contributed by atoms with Crippen LogP contribution in [-0.2, 0) is 4.74 Å². The van der Waals surface area contributed by atoms with Crippen molar-refractivity contribution >= 4 is 28.7 Å². The normalized spacial score (nSPS) is 19.6. The largest absolute Gasteiger partial charge is 0.378 e. The van der Waals surface area contributed by atoms with E-state index in [1.807, 2.05) is 18.3 Å². The molecule has 2 fully saturated rings. The van der Waals surface area contributed by atoms with Crippen LogP contribution in [0.25, 0.3) is 5.69 Å². The van der Waals surface area contributed by atoms with E-state index in [9.17, 15) is 0 Å². The van der Waals surface area contributed by atoms with Gasteiger partial charge in [0.15, 0.2) is 5.11 Å². The Morgan fingerprint density at radius 2 is 1.63 bits per heavy atom. The van der Waals surface area contributed by atoms with Gasteiger partial charge in [0, 0.05) is 47.7 Å². The first-order chi connectivity index (χ1) is 18.5. The Kier molecular flexibility index (Phi) is 6.64. The van der Waals surface area contributed by atoms with Gasteiger partial charge in [0.25, 0.3) is 0 Å². The first kappa shape index (κ1) is 24.6. The topological polar surface area (TPSA) is 45.6 Å².